The van der Waals surface area contributed by atoms with Gasteiger partial charge in [0.05, 0.1) is 6.54 Å². The predicted octanol–water partition coefficient (Wildman–Crippen LogP) is 1.70. The summed E-state index contributed by atoms with van der Waals surface area (Å²) in [4.78, 5) is 11.5. The van der Waals surface area contributed by atoms with Gasteiger partial charge in [0.1, 0.15) is 11.9 Å². The summed E-state index contributed by atoms with van der Waals surface area (Å²) in [6, 6.07) is 9.64. The van der Waals surface area contributed by atoms with Crippen LogP contribution in [0.2, 0.25) is 0 Å². The summed E-state index contributed by atoms with van der Waals surface area (Å²) in [6.07, 6.45) is 1.13. The van der Waals surface area contributed by atoms with Gasteiger partial charge in [-0.25, -0.2) is 0 Å². The van der Waals surface area contributed by atoms with Gasteiger partial charge >= 0.3 is 0 Å². The lowest BCUT2D eigenvalue weighted by Crippen LogP contribution is -2.34. The fourth-order valence-electron chi connectivity index (χ4n) is 1.48. The highest BCUT2D eigenvalue weighted by Crippen LogP contribution is 2.10. The first kappa shape index (κ1) is 14.5. The fraction of sp³-hybridized carbons (Fsp3) is 0.500. The molecule has 0 fully saturated rings. The van der Waals surface area contributed by atoms with Crippen molar-refractivity contribution in [3.8, 4) is 5.75 Å². The molecule has 1 amide bonds. The first-order valence-corrected chi connectivity index (χ1v) is 6.32. The van der Waals surface area contributed by atoms with E-state index in [4.69, 9.17) is 10.5 Å². The maximum absolute atomic E-state index is 11.5. The zero-order valence-electron chi connectivity index (χ0n) is 11.1. The molecule has 100 valence electrons. The maximum atomic E-state index is 11.5. The number of nitrogens with two attached hydrogens (primary N) is 1. The Morgan fingerprint density at radius 1 is 1.33 bits per heavy atom. The Bertz CT molecular complexity index is 352. The number of nitrogens with one attached hydrogen (secondary N) is 1. The number of ether oxygens (including phenoxy) is 1. The standard InChI is InChI=1S/C14H22N2O2/c1-11(15)8-9-14(17)16-10-12(2)18-13-6-4-3-5-7-13/h3-7,11-12H,8-10,15H2,1-2H3,(H,16,17). The van der Waals surface area contributed by atoms with E-state index in [1.165, 1.54) is 0 Å². The summed E-state index contributed by atoms with van der Waals surface area (Å²) in [5, 5.41) is 2.84. The third-order valence-electron chi connectivity index (χ3n) is 2.49. The molecule has 1 rings (SSSR count). The molecule has 0 saturated heterocycles. The van der Waals surface area contributed by atoms with Gasteiger partial charge < -0.3 is 15.8 Å². The highest BCUT2D eigenvalue weighted by atomic mass is 16.5. The summed E-state index contributed by atoms with van der Waals surface area (Å²) in [7, 11) is 0. The summed E-state index contributed by atoms with van der Waals surface area (Å²) in [5.74, 6) is 0.839. The van der Waals surface area contributed by atoms with Gasteiger partial charge in [-0.05, 0) is 32.4 Å². The molecule has 0 radical (unpaired) electrons. The molecule has 18 heavy (non-hydrogen) atoms. The minimum absolute atomic E-state index is 0.0239. The van der Waals surface area contributed by atoms with Crippen LogP contribution in [-0.2, 0) is 4.79 Å². The van der Waals surface area contributed by atoms with Crippen molar-refractivity contribution in [3.63, 3.8) is 0 Å². The van der Waals surface area contributed by atoms with E-state index in [-0.39, 0.29) is 18.1 Å². The predicted molar refractivity (Wildman–Crippen MR) is 72.4 cm³/mol. The minimum atomic E-state index is -0.0494. The topological polar surface area (TPSA) is 64.4 Å². The van der Waals surface area contributed by atoms with E-state index >= 15 is 0 Å². The van der Waals surface area contributed by atoms with Crippen molar-refractivity contribution in [2.45, 2.75) is 38.8 Å². The molecular formula is C14H22N2O2. The average molecular weight is 250 g/mol. The fourth-order valence-corrected chi connectivity index (χ4v) is 1.48. The number of para-hydroxylation sites is 1. The Morgan fingerprint density at radius 3 is 2.61 bits per heavy atom. The molecule has 3 N–H and O–H groups in total. The zero-order chi connectivity index (χ0) is 13.4. The summed E-state index contributed by atoms with van der Waals surface area (Å²) in [5.41, 5.74) is 5.59. The van der Waals surface area contributed by atoms with E-state index in [0.29, 0.717) is 19.4 Å². The van der Waals surface area contributed by atoms with Gasteiger partial charge in [0.25, 0.3) is 0 Å². The van der Waals surface area contributed by atoms with Crippen LogP contribution >= 0.6 is 0 Å². The molecule has 0 aromatic heterocycles. The van der Waals surface area contributed by atoms with Gasteiger partial charge in [-0.1, -0.05) is 18.2 Å². The monoisotopic (exact) mass is 250 g/mol. The Kier molecular flexibility index (Phi) is 6.22. The van der Waals surface area contributed by atoms with Crippen LogP contribution in [0, 0.1) is 0 Å². The first-order chi connectivity index (χ1) is 8.58. The highest BCUT2D eigenvalue weighted by Gasteiger charge is 2.07. The maximum Gasteiger partial charge on any atom is 0.220 e. The van der Waals surface area contributed by atoms with Gasteiger partial charge in [0.2, 0.25) is 5.91 Å². The van der Waals surface area contributed by atoms with Gasteiger partial charge in [0, 0.05) is 12.5 Å². The molecule has 1 aromatic rings. The quantitative estimate of drug-likeness (QED) is 0.774. The lowest BCUT2D eigenvalue weighted by Gasteiger charge is -2.15. The number of rotatable bonds is 7. The minimum Gasteiger partial charge on any atom is -0.489 e. The van der Waals surface area contributed by atoms with Crippen molar-refractivity contribution in [1.29, 1.82) is 0 Å². The molecular weight excluding hydrogens is 228 g/mol. The Hall–Kier alpha value is -1.55. The molecule has 0 bridgehead atoms. The van der Waals surface area contributed by atoms with E-state index in [1.54, 1.807) is 0 Å². The van der Waals surface area contributed by atoms with Gasteiger partial charge in [-0.2, -0.15) is 0 Å². The Labute approximate surface area is 109 Å². The lowest BCUT2D eigenvalue weighted by molar-refractivity contribution is -0.121. The molecule has 0 spiro atoms. The van der Waals surface area contributed by atoms with Crippen LogP contribution in [-0.4, -0.2) is 24.6 Å². The smallest absolute Gasteiger partial charge is 0.220 e. The van der Waals surface area contributed by atoms with Crippen molar-refractivity contribution in [2.24, 2.45) is 5.73 Å². The van der Waals surface area contributed by atoms with Crippen LogP contribution in [0.3, 0.4) is 0 Å². The van der Waals surface area contributed by atoms with E-state index in [2.05, 4.69) is 5.32 Å². The molecule has 0 aliphatic rings. The van der Waals surface area contributed by atoms with Gasteiger partial charge in [-0.3, -0.25) is 4.79 Å². The number of benzene rings is 1. The molecule has 2 unspecified atom stereocenters. The van der Waals surface area contributed by atoms with Crippen molar-refractivity contribution in [3.05, 3.63) is 30.3 Å². The molecule has 2 atom stereocenters. The zero-order valence-corrected chi connectivity index (χ0v) is 11.1. The van der Waals surface area contributed by atoms with Crippen molar-refractivity contribution in [1.82, 2.24) is 5.32 Å². The van der Waals surface area contributed by atoms with Crippen molar-refractivity contribution < 1.29 is 9.53 Å². The summed E-state index contributed by atoms with van der Waals surface area (Å²) in [6.45, 7) is 4.33. The van der Waals surface area contributed by atoms with Crippen LogP contribution in [0.25, 0.3) is 0 Å². The molecule has 1 aromatic carbocycles. The summed E-state index contributed by atoms with van der Waals surface area (Å²) < 4.78 is 5.65. The number of carbonyl (C=O) groups excluding carboxylic acids is 1. The number of amides is 1. The highest BCUT2D eigenvalue weighted by molar-refractivity contribution is 5.75. The molecule has 4 heteroatoms. The second-order valence-electron chi connectivity index (χ2n) is 4.56. The molecule has 0 saturated carbocycles. The SMILES string of the molecule is CC(N)CCC(=O)NCC(C)Oc1ccccc1. The van der Waals surface area contributed by atoms with Gasteiger partial charge in [-0.15, -0.1) is 0 Å². The van der Waals surface area contributed by atoms with Crippen molar-refractivity contribution in [2.75, 3.05) is 6.54 Å². The second kappa shape index (κ2) is 7.71. The van der Waals surface area contributed by atoms with E-state index in [1.807, 2.05) is 44.2 Å². The molecule has 0 aliphatic heterocycles. The Morgan fingerprint density at radius 2 is 2.00 bits per heavy atom. The van der Waals surface area contributed by atoms with Crippen LogP contribution in [0.15, 0.2) is 30.3 Å². The molecule has 0 heterocycles. The number of carbonyl (C=O) groups is 1. The third kappa shape index (κ3) is 6.25. The normalized spacial score (nSPS) is 13.7. The average Bonchev–Trinajstić information content (AvgIpc) is 2.35. The molecule has 0 aliphatic carbocycles. The number of hydrogen-bond acceptors (Lipinski definition) is 3. The third-order valence-corrected chi connectivity index (χ3v) is 2.49. The van der Waals surface area contributed by atoms with E-state index in [0.717, 1.165) is 5.75 Å². The lowest BCUT2D eigenvalue weighted by atomic mass is 10.2. The van der Waals surface area contributed by atoms with Crippen LogP contribution in [0.1, 0.15) is 26.7 Å². The van der Waals surface area contributed by atoms with Crippen molar-refractivity contribution >= 4 is 5.91 Å². The molecule has 4 nitrogen and oxygen atoms in total. The Balaban J connectivity index is 2.21. The van der Waals surface area contributed by atoms with E-state index in [9.17, 15) is 4.79 Å². The second-order valence-corrected chi connectivity index (χ2v) is 4.56. The van der Waals surface area contributed by atoms with Crippen LogP contribution in [0.4, 0.5) is 0 Å². The van der Waals surface area contributed by atoms with Gasteiger partial charge in [0.15, 0.2) is 0 Å². The number of hydrogen-bond donors (Lipinski definition) is 2. The largest absolute Gasteiger partial charge is 0.489 e. The first-order valence-electron chi connectivity index (χ1n) is 6.32. The van der Waals surface area contributed by atoms with Crippen LogP contribution < -0.4 is 15.8 Å². The van der Waals surface area contributed by atoms with Crippen LogP contribution in [0.5, 0.6) is 5.75 Å². The van der Waals surface area contributed by atoms with E-state index < -0.39 is 0 Å². The summed E-state index contributed by atoms with van der Waals surface area (Å²) >= 11 is 0.